The number of pyridine rings is 1. The van der Waals surface area contributed by atoms with Crippen molar-refractivity contribution in [2.45, 2.75) is 13.0 Å². The van der Waals surface area contributed by atoms with Crippen molar-refractivity contribution >= 4 is 22.6 Å². The maximum absolute atomic E-state index is 10.4. The van der Waals surface area contributed by atoms with Crippen LogP contribution in [0.2, 0.25) is 5.02 Å². The molecule has 0 spiro atoms. The van der Waals surface area contributed by atoms with Crippen molar-refractivity contribution in [3.63, 3.8) is 0 Å². The van der Waals surface area contributed by atoms with Gasteiger partial charge in [-0.15, -0.1) is 0 Å². The highest BCUT2D eigenvalue weighted by Crippen LogP contribution is 2.30. The second kappa shape index (κ2) is 4.68. The van der Waals surface area contributed by atoms with Crippen LogP contribution in [0.5, 0.6) is 0 Å². The van der Waals surface area contributed by atoms with Crippen molar-refractivity contribution in [2.75, 3.05) is 0 Å². The number of hydrogen-bond acceptors (Lipinski definition) is 3. The van der Waals surface area contributed by atoms with Gasteiger partial charge < -0.3 is 9.52 Å². The Hall–Kier alpha value is -1.84. The van der Waals surface area contributed by atoms with Gasteiger partial charge in [0, 0.05) is 27.9 Å². The van der Waals surface area contributed by atoms with Gasteiger partial charge >= 0.3 is 0 Å². The van der Waals surface area contributed by atoms with E-state index in [4.69, 9.17) is 16.0 Å². The zero-order chi connectivity index (χ0) is 13.4. The van der Waals surface area contributed by atoms with E-state index in [0.29, 0.717) is 16.4 Å². The Labute approximate surface area is 115 Å². The first-order valence-corrected chi connectivity index (χ1v) is 6.31. The van der Waals surface area contributed by atoms with Crippen LogP contribution < -0.4 is 0 Å². The molecule has 3 aromatic rings. The molecule has 3 nitrogen and oxygen atoms in total. The third-order valence-corrected chi connectivity index (χ3v) is 3.34. The number of aliphatic hydroxyl groups excluding tert-OH is 1. The number of aliphatic hydroxyl groups is 1. The van der Waals surface area contributed by atoms with E-state index in [9.17, 15) is 5.11 Å². The SMILES string of the molecule is Cc1ncccc1C(O)c1cc2cc(Cl)ccc2o1. The largest absolute Gasteiger partial charge is 0.458 e. The van der Waals surface area contributed by atoms with Crippen molar-refractivity contribution in [3.8, 4) is 0 Å². The Balaban J connectivity index is 2.07. The van der Waals surface area contributed by atoms with Crippen molar-refractivity contribution < 1.29 is 9.52 Å². The lowest BCUT2D eigenvalue weighted by Crippen LogP contribution is -2.01. The van der Waals surface area contributed by atoms with Crippen LogP contribution in [0, 0.1) is 6.92 Å². The lowest BCUT2D eigenvalue weighted by molar-refractivity contribution is 0.191. The van der Waals surface area contributed by atoms with E-state index in [-0.39, 0.29) is 0 Å². The third kappa shape index (κ3) is 2.23. The molecule has 1 atom stereocenters. The molecule has 0 bridgehead atoms. The first-order valence-electron chi connectivity index (χ1n) is 5.94. The average Bonchev–Trinajstić information content (AvgIpc) is 2.81. The highest BCUT2D eigenvalue weighted by atomic mass is 35.5. The summed E-state index contributed by atoms with van der Waals surface area (Å²) in [5, 5.41) is 11.9. The Morgan fingerprint density at radius 1 is 1.26 bits per heavy atom. The maximum Gasteiger partial charge on any atom is 0.138 e. The van der Waals surface area contributed by atoms with Crippen LogP contribution in [-0.2, 0) is 0 Å². The Kier molecular flexibility index (Phi) is 3.01. The Morgan fingerprint density at radius 2 is 2.11 bits per heavy atom. The lowest BCUT2D eigenvalue weighted by atomic mass is 10.1. The minimum Gasteiger partial charge on any atom is -0.458 e. The second-order valence-electron chi connectivity index (χ2n) is 4.41. The smallest absolute Gasteiger partial charge is 0.138 e. The van der Waals surface area contributed by atoms with Gasteiger partial charge in [-0.1, -0.05) is 17.7 Å². The fourth-order valence-corrected chi connectivity index (χ4v) is 2.29. The Morgan fingerprint density at radius 3 is 2.89 bits per heavy atom. The molecule has 96 valence electrons. The molecular formula is C15H12ClNO2. The number of aryl methyl sites for hydroxylation is 1. The van der Waals surface area contributed by atoms with Crippen LogP contribution in [0.1, 0.15) is 23.1 Å². The highest BCUT2D eigenvalue weighted by Gasteiger charge is 2.17. The topological polar surface area (TPSA) is 46.3 Å². The van der Waals surface area contributed by atoms with E-state index in [2.05, 4.69) is 4.98 Å². The molecule has 0 aliphatic heterocycles. The van der Waals surface area contributed by atoms with E-state index >= 15 is 0 Å². The van der Waals surface area contributed by atoms with Gasteiger partial charge in [0.05, 0.1) is 0 Å². The van der Waals surface area contributed by atoms with Crippen LogP contribution >= 0.6 is 11.6 Å². The molecule has 2 heterocycles. The molecule has 1 unspecified atom stereocenters. The normalized spacial score (nSPS) is 12.8. The van der Waals surface area contributed by atoms with Gasteiger partial charge in [0.15, 0.2) is 0 Å². The standard InChI is InChI=1S/C15H12ClNO2/c1-9-12(3-2-6-17-9)15(18)14-8-10-7-11(16)4-5-13(10)19-14/h2-8,15,18H,1H3. The summed E-state index contributed by atoms with van der Waals surface area (Å²) in [6.07, 6.45) is 0.879. The molecule has 19 heavy (non-hydrogen) atoms. The van der Waals surface area contributed by atoms with Crippen LogP contribution in [0.4, 0.5) is 0 Å². The third-order valence-electron chi connectivity index (χ3n) is 3.11. The molecule has 0 radical (unpaired) electrons. The van der Waals surface area contributed by atoms with E-state index in [1.807, 2.05) is 19.1 Å². The van der Waals surface area contributed by atoms with Gasteiger partial charge in [-0.05, 0) is 37.3 Å². The molecule has 3 rings (SSSR count). The minimum atomic E-state index is -0.820. The van der Waals surface area contributed by atoms with Crippen LogP contribution in [-0.4, -0.2) is 10.1 Å². The predicted molar refractivity (Wildman–Crippen MR) is 74.3 cm³/mol. The molecule has 2 aromatic heterocycles. The molecule has 0 saturated carbocycles. The second-order valence-corrected chi connectivity index (χ2v) is 4.85. The first kappa shape index (κ1) is 12.2. The molecule has 0 amide bonds. The molecular weight excluding hydrogens is 262 g/mol. The number of nitrogens with zero attached hydrogens (tertiary/aromatic N) is 1. The number of rotatable bonds is 2. The summed E-state index contributed by atoms with van der Waals surface area (Å²) in [7, 11) is 0. The average molecular weight is 274 g/mol. The predicted octanol–water partition coefficient (Wildman–Crippen LogP) is 3.87. The van der Waals surface area contributed by atoms with Gasteiger partial charge in [0.2, 0.25) is 0 Å². The van der Waals surface area contributed by atoms with E-state index < -0.39 is 6.10 Å². The summed E-state index contributed by atoms with van der Waals surface area (Å²) in [4.78, 5) is 4.17. The Bertz CT molecular complexity index is 736. The number of fused-ring (bicyclic) bond motifs is 1. The molecule has 0 aliphatic carbocycles. The molecule has 0 fully saturated rings. The summed E-state index contributed by atoms with van der Waals surface area (Å²) < 4.78 is 5.66. The van der Waals surface area contributed by atoms with Crippen molar-refractivity contribution in [1.29, 1.82) is 0 Å². The summed E-state index contributed by atoms with van der Waals surface area (Å²) in [6.45, 7) is 1.86. The summed E-state index contributed by atoms with van der Waals surface area (Å²) in [6, 6.07) is 10.8. The zero-order valence-corrected chi connectivity index (χ0v) is 11.1. The van der Waals surface area contributed by atoms with Crippen LogP contribution in [0.25, 0.3) is 11.0 Å². The van der Waals surface area contributed by atoms with Crippen LogP contribution in [0.3, 0.4) is 0 Å². The van der Waals surface area contributed by atoms with Crippen molar-refractivity contribution in [3.05, 3.63) is 64.6 Å². The molecule has 0 aliphatic rings. The van der Waals surface area contributed by atoms with Crippen molar-refractivity contribution in [1.82, 2.24) is 4.98 Å². The first-order chi connectivity index (χ1) is 9.15. The van der Waals surface area contributed by atoms with Crippen molar-refractivity contribution in [2.24, 2.45) is 0 Å². The van der Waals surface area contributed by atoms with E-state index in [1.54, 1.807) is 30.5 Å². The highest BCUT2D eigenvalue weighted by molar-refractivity contribution is 6.31. The summed E-state index contributed by atoms with van der Waals surface area (Å²) in [5.41, 5.74) is 2.24. The molecule has 4 heteroatoms. The maximum atomic E-state index is 10.4. The number of aromatic nitrogens is 1. The number of furan rings is 1. The molecule has 0 saturated heterocycles. The quantitative estimate of drug-likeness (QED) is 0.771. The molecule has 1 N–H and O–H groups in total. The van der Waals surface area contributed by atoms with Gasteiger partial charge in [-0.3, -0.25) is 4.98 Å². The number of benzene rings is 1. The zero-order valence-electron chi connectivity index (χ0n) is 10.3. The number of halogens is 1. The monoisotopic (exact) mass is 273 g/mol. The van der Waals surface area contributed by atoms with E-state index in [1.165, 1.54) is 0 Å². The van der Waals surface area contributed by atoms with E-state index in [0.717, 1.165) is 16.6 Å². The van der Waals surface area contributed by atoms with Gasteiger partial charge in [-0.2, -0.15) is 0 Å². The number of hydrogen-bond donors (Lipinski definition) is 1. The lowest BCUT2D eigenvalue weighted by Gasteiger charge is -2.09. The minimum absolute atomic E-state index is 0.494. The van der Waals surface area contributed by atoms with Gasteiger partial charge in [0.1, 0.15) is 17.4 Å². The van der Waals surface area contributed by atoms with Gasteiger partial charge in [-0.25, -0.2) is 0 Å². The van der Waals surface area contributed by atoms with Gasteiger partial charge in [0.25, 0.3) is 0 Å². The summed E-state index contributed by atoms with van der Waals surface area (Å²) in [5.74, 6) is 0.494. The fourth-order valence-electron chi connectivity index (χ4n) is 2.11. The fraction of sp³-hybridized carbons (Fsp3) is 0.133. The van der Waals surface area contributed by atoms with Crippen LogP contribution in [0.15, 0.2) is 47.0 Å². The molecule has 1 aromatic carbocycles. The summed E-state index contributed by atoms with van der Waals surface area (Å²) >= 11 is 5.94.